The Morgan fingerprint density at radius 3 is 3.04 bits per heavy atom. The summed E-state index contributed by atoms with van der Waals surface area (Å²) in [6.07, 6.45) is 2.51. The van der Waals surface area contributed by atoms with Crippen molar-refractivity contribution in [3.8, 4) is 17.2 Å². The number of carbonyl (C=O) groups excluding carboxylic acids is 1. The summed E-state index contributed by atoms with van der Waals surface area (Å²) in [7, 11) is 1.53. The fraction of sp³-hybridized carbons (Fsp3) is 0.300. The molecular weight excluding hydrogens is 346 g/mol. The van der Waals surface area contributed by atoms with E-state index in [2.05, 4.69) is 15.3 Å². The topological polar surface area (TPSA) is 85.5 Å². The van der Waals surface area contributed by atoms with E-state index < -0.39 is 0 Å². The van der Waals surface area contributed by atoms with Crippen LogP contribution < -0.4 is 19.5 Å². The number of aromatic nitrogens is 2. The van der Waals surface area contributed by atoms with E-state index in [1.54, 1.807) is 24.4 Å². The predicted octanol–water partition coefficient (Wildman–Crippen LogP) is 3.55. The van der Waals surface area contributed by atoms with Gasteiger partial charge in [0.1, 0.15) is 23.3 Å². The molecule has 7 nitrogen and oxygen atoms in total. The SMILES string of the molecule is CCOc1cc2c(c3[nH]c(C(=O)Nc4ncccc4OC)cc13)O[C@H](C)C2. The molecule has 0 unspecified atom stereocenters. The average molecular weight is 367 g/mol. The Morgan fingerprint density at radius 2 is 2.26 bits per heavy atom. The molecule has 2 N–H and O–H groups in total. The number of aromatic amines is 1. The van der Waals surface area contributed by atoms with Gasteiger partial charge in [0.2, 0.25) is 0 Å². The Bertz CT molecular complexity index is 1010. The van der Waals surface area contributed by atoms with E-state index in [-0.39, 0.29) is 12.0 Å². The Hall–Kier alpha value is -3.22. The van der Waals surface area contributed by atoms with Crippen molar-refractivity contribution in [1.29, 1.82) is 0 Å². The molecule has 0 aliphatic carbocycles. The lowest BCUT2D eigenvalue weighted by molar-refractivity contribution is 0.102. The lowest BCUT2D eigenvalue weighted by Gasteiger charge is -2.08. The quantitative estimate of drug-likeness (QED) is 0.720. The molecule has 0 saturated carbocycles. The number of nitrogens with one attached hydrogen (secondary N) is 2. The van der Waals surface area contributed by atoms with E-state index in [9.17, 15) is 4.79 Å². The summed E-state index contributed by atoms with van der Waals surface area (Å²) in [5.41, 5.74) is 2.26. The normalized spacial score (nSPS) is 15.3. The van der Waals surface area contributed by atoms with E-state index in [4.69, 9.17) is 14.2 Å². The van der Waals surface area contributed by atoms with Crippen LogP contribution in [0, 0.1) is 0 Å². The van der Waals surface area contributed by atoms with Gasteiger partial charge in [0.15, 0.2) is 11.6 Å². The summed E-state index contributed by atoms with van der Waals surface area (Å²) in [6.45, 7) is 4.50. The third kappa shape index (κ3) is 3.05. The first kappa shape index (κ1) is 17.2. The minimum Gasteiger partial charge on any atom is -0.493 e. The van der Waals surface area contributed by atoms with E-state index in [0.717, 1.165) is 34.4 Å². The van der Waals surface area contributed by atoms with Crippen molar-refractivity contribution in [3.63, 3.8) is 0 Å². The molecule has 1 aromatic carbocycles. The number of hydrogen-bond donors (Lipinski definition) is 2. The second-order valence-electron chi connectivity index (χ2n) is 6.41. The Balaban J connectivity index is 1.74. The molecule has 0 radical (unpaired) electrons. The molecule has 1 aliphatic heterocycles. The predicted molar refractivity (Wildman–Crippen MR) is 102 cm³/mol. The molecule has 7 heteroatoms. The van der Waals surface area contributed by atoms with E-state index in [1.165, 1.54) is 7.11 Å². The minimum atomic E-state index is -0.314. The third-order valence-corrected chi connectivity index (χ3v) is 4.50. The monoisotopic (exact) mass is 367 g/mol. The van der Waals surface area contributed by atoms with Crippen molar-refractivity contribution in [2.75, 3.05) is 19.0 Å². The van der Waals surface area contributed by atoms with E-state index in [0.29, 0.717) is 23.9 Å². The lowest BCUT2D eigenvalue weighted by atomic mass is 10.1. The number of methoxy groups -OCH3 is 1. The van der Waals surface area contributed by atoms with Crippen LogP contribution in [0.3, 0.4) is 0 Å². The van der Waals surface area contributed by atoms with Crippen molar-refractivity contribution in [1.82, 2.24) is 9.97 Å². The first-order valence-electron chi connectivity index (χ1n) is 8.89. The van der Waals surface area contributed by atoms with E-state index >= 15 is 0 Å². The van der Waals surface area contributed by atoms with Crippen molar-refractivity contribution in [3.05, 3.63) is 41.7 Å². The van der Waals surface area contributed by atoms with Crippen LogP contribution in [0.5, 0.6) is 17.2 Å². The van der Waals surface area contributed by atoms with Crippen molar-refractivity contribution in [2.24, 2.45) is 0 Å². The van der Waals surface area contributed by atoms with Crippen molar-refractivity contribution >= 4 is 22.6 Å². The van der Waals surface area contributed by atoms with Crippen LogP contribution in [0.2, 0.25) is 0 Å². The summed E-state index contributed by atoms with van der Waals surface area (Å²) in [4.78, 5) is 20.1. The zero-order valence-electron chi connectivity index (χ0n) is 15.5. The third-order valence-electron chi connectivity index (χ3n) is 4.50. The highest BCUT2D eigenvalue weighted by molar-refractivity contribution is 6.07. The molecular formula is C20H21N3O4. The van der Waals surface area contributed by atoms with Gasteiger partial charge in [0, 0.05) is 23.6 Å². The van der Waals surface area contributed by atoms with Crippen LogP contribution in [0.25, 0.3) is 10.9 Å². The Morgan fingerprint density at radius 1 is 1.41 bits per heavy atom. The van der Waals surface area contributed by atoms with Gasteiger partial charge < -0.3 is 24.5 Å². The van der Waals surface area contributed by atoms with Gasteiger partial charge in [-0.05, 0) is 38.1 Å². The highest BCUT2D eigenvalue weighted by Crippen LogP contribution is 2.41. The summed E-state index contributed by atoms with van der Waals surface area (Å²) in [5, 5.41) is 3.60. The van der Waals surface area contributed by atoms with Gasteiger partial charge in [-0.15, -0.1) is 0 Å². The van der Waals surface area contributed by atoms with Crippen LogP contribution in [0.15, 0.2) is 30.5 Å². The fourth-order valence-corrected chi connectivity index (χ4v) is 3.35. The van der Waals surface area contributed by atoms with E-state index in [1.807, 2.05) is 19.9 Å². The van der Waals surface area contributed by atoms with Gasteiger partial charge in [-0.1, -0.05) is 0 Å². The summed E-state index contributed by atoms with van der Waals surface area (Å²) < 4.78 is 17.0. The van der Waals surface area contributed by atoms with Crippen LogP contribution in [-0.2, 0) is 6.42 Å². The summed E-state index contributed by atoms with van der Waals surface area (Å²) in [5.74, 6) is 2.08. The first-order valence-corrected chi connectivity index (χ1v) is 8.89. The summed E-state index contributed by atoms with van der Waals surface area (Å²) in [6, 6.07) is 7.26. The number of hydrogen-bond acceptors (Lipinski definition) is 5. The number of fused-ring (bicyclic) bond motifs is 3. The largest absolute Gasteiger partial charge is 0.493 e. The number of nitrogens with zero attached hydrogens (tertiary/aromatic N) is 1. The number of rotatable bonds is 5. The molecule has 2 aromatic heterocycles. The molecule has 1 amide bonds. The van der Waals surface area contributed by atoms with Crippen LogP contribution in [-0.4, -0.2) is 35.7 Å². The lowest BCUT2D eigenvalue weighted by Crippen LogP contribution is -2.14. The van der Waals surface area contributed by atoms with Crippen LogP contribution in [0.4, 0.5) is 5.82 Å². The van der Waals surface area contributed by atoms with Gasteiger partial charge in [0.25, 0.3) is 5.91 Å². The molecule has 0 bridgehead atoms. The first-order chi connectivity index (χ1) is 13.1. The molecule has 27 heavy (non-hydrogen) atoms. The highest BCUT2D eigenvalue weighted by atomic mass is 16.5. The molecule has 0 spiro atoms. The van der Waals surface area contributed by atoms with Crippen molar-refractivity contribution in [2.45, 2.75) is 26.4 Å². The molecule has 1 atom stereocenters. The number of H-pyrrole nitrogens is 1. The van der Waals surface area contributed by atoms with Gasteiger partial charge in [-0.2, -0.15) is 0 Å². The van der Waals surface area contributed by atoms with Crippen LogP contribution >= 0.6 is 0 Å². The van der Waals surface area contributed by atoms with Crippen LogP contribution in [0.1, 0.15) is 29.9 Å². The zero-order chi connectivity index (χ0) is 19.0. The van der Waals surface area contributed by atoms with Gasteiger partial charge >= 0.3 is 0 Å². The molecule has 140 valence electrons. The Labute approximate surface area is 156 Å². The number of benzene rings is 1. The molecule has 4 rings (SSSR count). The number of pyridine rings is 1. The number of anilines is 1. The maximum atomic E-state index is 12.8. The number of ether oxygens (including phenoxy) is 3. The highest BCUT2D eigenvalue weighted by Gasteiger charge is 2.26. The molecule has 0 fully saturated rings. The minimum absolute atomic E-state index is 0.0958. The van der Waals surface area contributed by atoms with Crippen molar-refractivity contribution < 1.29 is 19.0 Å². The standard InChI is InChI=1S/C20H21N3O4/c1-4-26-16-9-12-8-11(2)27-18(12)17-13(16)10-14(22-17)20(24)23-19-15(25-3)6-5-7-21-19/h5-7,9-11,22H,4,8H2,1-3H3,(H,21,23,24)/t11-/m1/s1. The molecule has 3 aromatic rings. The zero-order valence-corrected chi connectivity index (χ0v) is 15.5. The second kappa shape index (κ2) is 6.83. The van der Waals surface area contributed by atoms with Gasteiger partial charge in [-0.25, -0.2) is 4.98 Å². The maximum Gasteiger partial charge on any atom is 0.273 e. The number of amides is 1. The van der Waals surface area contributed by atoms with Gasteiger partial charge in [-0.3, -0.25) is 4.79 Å². The van der Waals surface area contributed by atoms with Gasteiger partial charge in [0.05, 0.1) is 19.2 Å². The average Bonchev–Trinajstić information content (AvgIpc) is 3.25. The smallest absolute Gasteiger partial charge is 0.273 e. The summed E-state index contributed by atoms with van der Waals surface area (Å²) >= 11 is 0. The molecule has 3 heterocycles. The Kier molecular flexibility index (Phi) is 4.35. The molecule has 1 aliphatic rings. The second-order valence-corrected chi connectivity index (χ2v) is 6.41. The number of carbonyl (C=O) groups is 1. The molecule has 0 saturated heterocycles. The fourth-order valence-electron chi connectivity index (χ4n) is 3.35. The maximum absolute atomic E-state index is 12.8.